The van der Waals surface area contributed by atoms with Crippen molar-refractivity contribution in [2.75, 3.05) is 13.4 Å². The van der Waals surface area contributed by atoms with Crippen LogP contribution in [0.4, 0.5) is 0 Å². The van der Waals surface area contributed by atoms with Gasteiger partial charge in [-0.3, -0.25) is 4.79 Å². The van der Waals surface area contributed by atoms with Gasteiger partial charge in [-0.2, -0.15) is 0 Å². The Morgan fingerprint density at radius 1 is 1.24 bits per heavy atom. The van der Waals surface area contributed by atoms with Crippen LogP contribution in [-0.4, -0.2) is 30.3 Å². The molecule has 1 aromatic heterocycles. The molecule has 148 valence electrons. The van der Waals surface area contributed by atoms with Crippen LogP contribution in [0.2, 0.25) is 0 Å². The monoisotopic (exact) mass is 410 g/mol. The first kappa shape index (κ1) is 18.9. The van der Waals surface area contributed by atoms with Crippen molar-refractivity contribution in [3.8, 4) is 11.5 Å². The molecule has 1 aliphatic rings. The fourth-order valence-electron chi connectivity index (χ4n) is 2.83. The summed E-state index contributed by atoms with van der Waals surface area (Å²) in [5.74, 6) is 0.336. The van der Waals surface area contributed by atoms with Gasteiger partial charge in [0.2, 0.25) is 6.79 Å². The molecule has 0 aliphatic carbocycles. The number of amides is 1. The third kappa shape index (κ3) is 4.55. The van der Waals surface area contributed by atoms with Crippen LogP contribution in [-0.2, 0) is 14.3 Å². The number of rotatable bonds is 6. The lowest BCUT2D eigenvalue weighted by Crippen LogP contribution is -2.30. The second kappa shape index (κ2) is 8.32. The summed E-state index contributed by atoms with van der Waals surface area (Å²) in [5, 5.41) is 3.49. The fraction of sp³-hybridized carbons (Fsp3) is 0.190. The Morgan fingerprint density at radius 2 is 2.07 bits per heavy atom. The Balaban J connectivity index is 1.27. The van der Waals surface area contributed by atoms with E-state index in [1.54, 1.807) is 12.1 Å². The zero-order chi connectivity index (χ0) is 20.2. The van der Waals surface area contributed by atoms with Crippen LogP contribution < -0.4 is 14.8 Å². The lowest BCUT2D eigenvalue weighted by molar-refractivity contribution is -0.144. The molecule has 8 heteroatoms. The van der Waals surface area contributed by atoms with E-state index in [0.717, 1.165) is 15.8 Å². The van der Waals surface area contributed by atoms with E-state index in [0.29, 0.717) is 16.5 Å². The van der Waals surface area contributed by atoms with Gasteiger partial charge in [-0.05, 0) is 42.8 Å². The Hall–Kier alpha value is -3.39. The first-order chi connectivity index (χ1) is 14.1. The third-order valence-electron chi connectivity index (χ3n) is 4.29. The predicted molar refractivity (Wildman–Crippen MR) is 109 cm³/mol. The van der Waals surface area contributed by atoms with Gasteiger partial charge in [0.25, 0.3) is 5.91 Å². The first-order valence-corrected chi connectivity index (χ1v) is 9.79. The highest BCUT2D eigenvalue weighted by molar-refractivity contribution is 7.19. The Bertz CT molecular complexity index is 1060. The second-order valence-corrected chi connectivity index (χ2v) is 7.42. The molecule has 1 amide bonds. The summed E-state index contributed by atoms with van der Waals surface area (Å²) in [6, 6.07) is 12.9. The predicted octanol–water partition coefficient (Wildman–Crippen LogP) is 3.46. The SMILES string of the molecule is CC(NC(=O)COC(=O)/C=C/c1nc2ccccc2s1)c1ccc2c(c1)OCO2. The van der Waals surface area contributed by atoms with E-state index in [4.69, 9.17) is 14.2 Å². The number of carbonyl (C=O) groups is 2. The Kier molecular flexibility index (Phi) is 5.44. The van der Waals surface area contributed by atoms with Gasteiger partial charge in [-0.25, -0.2) is 9.78 Å². The molecule has 4 rings (SSSR count). The molecule has 1 aliphatic heterocycles. The number of para-hydroxylation sites is 1. The Morgan fingerprint density at radius 3 is 2.93 bits per heavy atom. The van der Waals surface area contributed by atoms with Crippen molar-refractivity contribution in [2.24, 2.45) is 0 Å². The van der Waals surface area contributed by atoms with Gasteiger partial charge in [0.1, 0.15) is 5.01 Å². The van der Waals surface area contributed by atoms with Crippen molar-refractivity contribution in [3.63, 3.8) is 0 Å². The molecule has 1 unspecified atom stereocenters. The van der Waals surface area contributed by atoms with E-state index in [1.807, 2.05) is 43.3 Å². The summed E-state index contributed by atoms with van der Waals surface area (Å²) >= 11 is 1.47. The summed E-state index contributed by atoms with van der Waals surface area (Å²) in [6.45, 7) is 1.67. The van der Waals surface area contributed by atoms with Crippen LogP contribution in [0.25, 0.3) is 16.3 Å². The fourth-order valence-corrected chi connectivity index (χ4v) is 3.70. The molecule has 0 bridgehead atoms. The molecular formula is C21H18N2O5S. The van der Waals surface area contributed by atoms with Crippen molar-refractivity contribution in [1.82, 2.24) is 10.3 Å². The normalized spacial score (nSPS) is 13.6. The van der Waals surface area contributed by atoms with Crippen LogP contribution in [0, 0.1) is 0 Å². The number of aromatic nitrogens is 1. The van der Waals surface area contributed by atoms with Gasteiger partial charge in [0.15, 0.2) is 18.1 Å². The Labute approximate surface area is 170 Å². The number of benzene rings is 2. The lowest BCUT2D eigenvalue weighted by Gasteiger charge is -2.14. The third-order valence-corrected chi connectivity index (χ3v) is 5.29. The smallest absolute Gasteiger partial charge is 0.331 e. The molecule has 29 heavy (non-hydrogen) atoms. The topological polar surface area (TPSA) is 86.8 Å². The number of carbonyl (C=O) groups excluding carboxylic acids is 2. The van der Waals surface area contributed by atoms with Crippen LogP contribution >= 0.6 is 11.3 Å². The molecule has 0 saturated carbocycles. The summed E-state index contributed by atoms with van der Waals surface area (Å²) in [6.07, 6.45) is 2.85. The summed E-state index contributed by atoms with van der Waals surface area (Å²) in [7, 11) is 0. The zero-order valence-electron chi connectivity index (χ0n) is 15.6. The van der Waals surface area contributed by atoms with Gasteiger partial charge in [0, 0.05) is 6.08 Å². The van der Waals surface area contributed by atoms with E-state index >= 15 is 0 Å². The van der Waals surface area contributed by atoms with E-state index in [1.165, 1.54) is 17.4 Å². The molecule has 2 heterocycles. The summed E-state index contributed by atoms with van der Waals surface area (Å²) in [4.78, 5) is 28.4. The van der Waals surface area contributed by atoms with Crippen molar-refractivity contribution in [3.05, 3.63) is 59.1 Å². The molecular weight excluding hydrogens is 392 g/mol. The number of hydrogen-bond donors (Lipinski definition) is 1. The number of thiazole rings is 1. The number of esters is 1. The van der Waals surface area contributed by atoms with E-state index < -0.39 is 11.9 Å². The van der Waals surface area contributed by atoms with Crippen LogP contribution in [0.5, 0.6) is 11.5 Å². The van der Waals surface area contributed by atoms with E-state index in [9.17, 15) is 9.59 Å². The second-order valence-electron chi connectivity index (χ2n) is 6.36. The average Bonchev–Trinajstić information content (AvgIpc) is 3.36. The minimum atomic E-state index is -0.602. The molecule has 2 aromatic carbocycles. The highest BCUT2D eigenvalue weighted by atomic mass is 32.1. The molecule has 0 saturated heterocycles. The molecule has 0 fully saturated rings. The largest absolute Gasteiger partial charge is 0.454 e. The number of nitrogens with zero attached hydrogens (tertiary/aromatic N) is 1. The maximum atomic E-state index is 12.1. The van der Waals surface area contributed by atoms with Crippen molar-refractivity contribution in [1.29, 1.82) is 0 Å². The molecule has 0 radical (unpaired) electrons. The standard InChI is InChI=1S/C21H18N2O5S/c1-13(14-6-7-16-17(10-14)28-12-27-16)22-19(24)11-26-21(25)9-8-20-23-15-4-2-3-5-18(15)29-20/h2-10,13H,11-12H2,1H3,(H,22,24)/b9-8+. The van der Waals surface area contributed by atoms with Gasteiger partial charge in [0.05, 0.1) is 16.3 Å². The van der Waals surface area contributed by atoms with Gasteiger partial charge >= 0.3 is 5.97 Å². The van der Waals surface area contributed by atoms with Gasteiger partial charge < -0.3 is 19.5 Å². The minimum Gasteiger partial charge on any atom is -0.454 e. The van der Waals surface area contributed by atoms with E-state index in [-0.39, 0.29) is 19.4 Å². The zero-order valence-corrected chi connectivity index (χ0v) is 16.4. The highest BCUT2D eigenvalue weighted by Crippen LogP contribution is 2.34. The van der Waals surface area contributed by atoms with Crippen LogP contribution in [0.3, 0.4) is 0 Å². The van der Waals surface area contributed by atoms with Crippen LogP contribution in [0.15, 0.2) is 48.5 Å². The average molecular weight is 410 g/mol. The highest BCUT2D eigenvalue weighted by Gasteiger charge is 2.17. The number of nitrogens with one attached hydrogen (secondary N) is 1. The van der Waals surface area contributed by atoms with Gasteiger partial charge in [-0.15, -0.1) is 11.3 Å². The minimum absolute atomic E-state index is 0.194. The molecule has 3 aromatic rings. The van der Waals surface area contributed by atoms with Gasteiger partial charge in [-0.1, -0.05) is 18.2 Å². The number of fused-ring (bicyclic) bond motifs is 2. The number of hydrogen-bond acceptors (Lipinski definition) is 7. The molecule has 0 spiro atoms. The molecule has 7 nitrogen and oxygen atoms in total. The molecule has 1 atom stereocenters. The van der Waals surface area contributed by atoms with Crippen molar-refractivity contribution >= 4 is 39.5 Å². The van der Waals surface area contributed by atoms with Crippen LogP contribution in [0.1, 0.15) is 23.5 Å². The van der Waals surface area contributed by atoms with Crippen molar-refractivity contribution < 1.29 is 23.8 Å². The van der Waals surface area contributed by atoms with Crippen molar-refractivity contribution in [2.45, 2.75) is 13.0 Å². The number of ether oxygens (including phenoxy) is 3. The molecule has 1 N–H and O–H groups in total. The quantitative estimate of drug-likeness (QED) is 0.495. The maximum absolute atomic E-state index is 12.1. The van der Waals surface area contributed by atoms with E-state index in [2.05, 4.69) is 10.3 Å². The lowest BCUT2D eigenvalue weighted by atomic mass is 10.1. The maximum Gasteiger partial charge on any atom is 0.331 e. The summed E-state index contributed by atoms with van der Waals surface area (Å²) < 4.78 is 16.7. The summed E-state index contributed by atoms with van der Waals surface area (Å²) in [5.41, 5.74) is 1.74. The first-order valence-electron chi connectivity index (χ1n) is 8.98.